The summed E-state index contributed by atoms with van der Waals surface area (Å²) in [6.07, 6.45) is 0.200. The Labute approximate surface area is 252 Å². The van der Waals surface area contributed by atoms with E-state index in [1.165, 1.54) is 16.2 Å². The molecule has 44 heavy (non-hydrogen) atoms. The minimum absolute atomic E-state index is 0.0962. The third-order valence-electron chi connectivity index (χ3n) is 9.82. The largest absolute Gasteiger partial charge is 0.480 e. The number of rotatable bonds is 5. The summed E-state index contributed by atoms with van der Waals surface area (Å²) >= 11 is 0. The van der Waals surface area contributed by atoms with E-state index in [4.69, 9.17) is 0 Å². The minimum atomic E-state index is -1.66. The average molecular weight is 564 g/mol. The SMILES string of the molecule is N#CC(Cc1ccc2ccc3cccc4ccc1c2c34)(Cc1ccc2cccc3c4cccc5cccc(c1c23)c54)C(=O)O. The Bertz CT molecular complexity index is 2640. The third kappa shape index (κ3) is 3.28. The van der Waals surface area contributed by atoms with Gasteiger partial charge in [0.2, 0.25) is 0 Å². The van der Waals surface area contributed by atoms with E-state index in [9.17, 15) is 15.2 Å². The summed E-state index contributed by atoms with van der Waals surface area (Å²) in [5, 5.41) is 37.3. The van der Waals surface area contributed by atoms with Crippen molar-refractivity contribution in [2.75, 3.05) is 0 Å². The summed E-state index contributed by atoms with van der Waals surface area (Å²) in [6.45, 7) is 0. The van der Waals surface area contributed by atoms with E-state index in [1.807, 2.05) is 12.1 Å². The van der Waals surface area contributed by atoms with E-state index in [0.29, 0.717) is 0 Å². The summed E-state index contributed by atoms with van der Waals surface area (Å²) in [7, 11) is 0. The maximum atomic E-state index is 13.2. The Morgan fingerprint density at radius 1 is 0.500 bits per heavy atom. The lowest BCUT2D eigenvalue weighted by Gasteiger charge is -2.25. The molecule has 1 unspecified atom stereocenters. The standard InChI is InChI=1S/C41H25NO2/c42-23-41(40(43)44,21-29-17-15-28-14-13-25-5-1-6-26-19-20-31(29)37(28)35(25)26)22-30-18-16-27-9-3-11-33-32-10-2-7-24-8-4-12-34(36(24)32)39(30)38(27)33/h1-20H,21-22H2,(H,43,44). The second-order valence-electron chi connectivity index (χ2n) is 12.1. The van der Waals surface area contributed by atoms with Crippen LogP contribution in [0.2, 0.25) is 0 Å². The number of aliphatic carboxylic acids is 1. The first-order valence-electron chi connectivity index (χ1n) is 14.9. The Balaban J connectivity index is 1.28. The number of carboxylic acids is 1. The number of fused-ring (bicyclic) bond motifs is 2. The van der Waals surface area contributed by atoms with Crippen LogP contribution in [0.1, 0.15) is 11.1 Å². The Morgan fingerprint density at radius 2 is 0.955 bits per heavy atom. The van der Waals surface area contributed by atoms with Crippen molar-refractivity contribution in [3.8, 4) is 6.07 Å². The highest BCUT2D eigenvalue weighted by molar-refractivity contribution is 6.33. The highest BCUT2D eigenvalue weighted by Crippen LogP contribution is 2.44. The van der Waals surface area contributed by atoms with Gasteiger partial charge in [0, 0.05) is 12.8 Å². The van der Waals surface area contributed by atoms with Crippen LogP contribution in [0.25, 0.3) is 75.4 Å². The summed E-state index contributed by atoms with van der Waals surface area (Å²) in [6, 6.07) is 44.3. The highest BCUT2D eigenvalue weighted by Gasteiger charge is 2.40. The molecule has 0 aliphatic carbocycles. The molecule has 1 atom stereocenters. The first kappa shape index (κ1) is 24.8. The molecule has 0 saturated carbocycles. The quantitative estimate of drug-likeness (QED) is 0.167. The molecule has 1 N–H and O–H groups in total. The lowest BCUT2D eigenvalue weighted by atomic mass is 9.75. The first-order valence-corrected chi connectivity index (χ1v) is 14.9. The lowest BCUT2D eigenvalue weighted by molar-refractivity contribution is -0.145. The predicted octanol–water partition coefficient (Wildman–Crippen LogP) is 10.0. The molecule has 9 rings (SSSR count). The second kappa shape index (κ2) is 8.89. The number of nitrogens with zero attached hydrogens (tertiary/aromatic N) is 1. The smallest absolute Gasteiger partial charge is 0.324 e. The van der Waals surface area contributed by atoms with Crippen molar-refractivity contribution >= 4 is 81.4 Å². The van der Waals surface area contributed by atoms with Gasteiger partial charge >= 0.3 is 5.97 Å². The molecule has 9 aromatic carbocycles. The van der Waals surface area contributed by atoms with Gasteiger partial charge in [-0.1, -0.05) is 121 Å². The van der Waals surface area contributed by atoms with E-state index in [2.05, 4.69) is 115 Å². The van der Waals surface area contributed by atoms with Crippen LogP contribution in [-0.2, 0) is 17.6 Å². The molecule has 0 aliphatic rings. The van der Waals surface area contributed by atoms with Crippen LogP contribution < -0.4 is 0 Å². The van der Waals surface area contributed by atoms with Crippen LogP contribution in [-0.4, -0.2) is 11.1 Å². The number of benzene rings is 9. The molecule has 0 bridgehead atoms. The first-order chi connectivity index (χ1) is 21.6. The van der Waals surface area contributed by atoms with Gasteiger partial charge < -0.3 is 5.11 Å². The molecule has 0 amide bonds. The summed E-state index contributed by atoms with van der Waals surface area (Å²) in [5.41, 5.74) is 0.100. The third-order valence-corrected chi connectivity index (χ3v) is 9.82. The van der Waals surface area contributed by atoms with Crippen LogP contribution >= 0.6 is 0 Å². The summed E-state index contributed by atoms with van der Waals surface area (Å²) in [4.78, 5) is 13.2. The van der Waals surface area contributed by atoms with Gasteiger partial charge in [-0.15, -0.1) is 0 Å². The molecule has 0 spiro atoms. The predicted molar refractivity (Wildman–Crippen MR) is 181 cm³/mol. The van der Waals surface area contributed by atoms with E-state index in [0.717, 1.165) is 70.4 Å². The fourth-order valence-corrected chi connectivity index (χ4v) is 7.82. The molecule has 0 heterocycles. The van der Waals surface area contributed by atoms with Crippen LogP contribution in [0.15, 0.2) is 121 Å². The second-order valence-corrected chi connectivity index (χ2v) is 12.1. The van der Waals surface area contributed by atoms with Crippen molar-refractivity contribution < 1.29 is 9.90 Å². The molecule has 0 radical (unpaired) electrons. The van der Waals surface area contributed by atoms with Crippen molar-refractivity contribution in [3.05, 3.63) is 132 Å². The van der Waals surface area contributed by atoms with Crippen LogP contribution in [0.4, 0.5) is 0 Å². The Kier molecular flexibility index (Phi) is 5.02. The number of hydrogen-bond donors (Lipinski definition) is 1. The fraction of sp³-hybridized carbons (Fsp3) is 0.0732. The molecule has 206 valence electrons. The number of carboxylic acid groups (broad SMARTS) is 1. The molecular formula is C41H25NO2. The van der Waals surface area contributed by atoms with Gasteiger partial charge in [0.15, 0.2) is 5.41 Å². The zero-order chi connectivity index (χ0) is 29.6. The summed E-state index contributed by atoms with van der Waals surface area (Å²) < 4.78 is 0. The van der Waals surface area contributed by atoms with E-state index < -0.39 is 11.4 Å². The van der Waals surface area contributed by atoms with Gasteiger partial charge in [0.1, 0.15) is 0 Å². The normalized spacial score (nSPS) is 13.5. The van der Waals surface area contributed by atoms with Gasteiger partial charge in [0.25, 0.3) is 0 Å². The topological polar surface area (TPSA) is 61.1 Å². The van der Waals surface area contributed by atoms with Gasteiger partial charge in [-0.3, -0.25) is 4.79 Å². The van der Waals surface area contributed by atoms with Gasteiger partial charge in [-0.2, -0.15) is 5.26 Å². The highest BCUT2D eigenvalue weighted by atomic mass is 16.4. The lowest BCUT2D eigenvalue weighted by Crippen LogP contribution is -2.34. The van der Waals surface area contributed by atoms with E-state index in [-0.39, 0.29) is 12.8 Å². The maximum absolute atomic E-state index is 13.2. The Hall–Kier alpha value is -5.72. The van der Waals surface area contributed by atoms with Crippen molar-refractivity contribution in [3.63, 3.8) is 0 Å². The van der Waals surface area contributed by atoms with Crippen LogP contribution in [0.5, 0.6) is 0 Å². The molecular weight excluding hydrogens is 538 g/mol. The molecule has 0 saturated heterocycles. The number of hydrogen-bond acceptors (Lipinski definition) is 2. The monoisotopic (exact) mass is 563 g/mol. The average Bonchev–Trinajstić information content (AvgIpc) is 3.06. The van der Waals surface area contributed by atoms with Gasteiger partial charge in [-0.05, 0) is 86.5 Å². The van der Waals surface area contributed by atoms with Crippen molar-refractivity contribution in [2.45, 2.75) is 12.8 Å². The van der Waals surface area contributed by atoms with Gasteiger partial charge in [-0.25, -0.2) is 0 Å². The van der Waals surface area contributed by atoms with Crippen LogP contribution in [0, 0.1) is 16.7 Å². The molecule has 0 aliphatic heterocycles. The maximum Gasteiger partial charge on any atom is 0.324 e. The zero-order valence-electron chi connectivity index (χ0n) is 23.8. The molecule has 3 nitrogen and oxygen atoms in total. The Morgan fingerprint density at radius 3 is 1.61 bits per heavy atom. The molecule has 9 aromatic rings. The van der Waals surface area contributed by atoms with Crippen molar-refractivity contribution in [1.82, 2.24) is 0 Å². The van der Waals surface area contributed by atoms with Crippen molar-refractivity contribution in [1.29, 1.82) is 5.26 Å². The number of nitriles is 1. The summed E-state index contributed by atoms with van der Waals surface area (Å²) in [5.74, 6) is -1.10. The molecule has 3 heteroatoms. The van der Waals surface area contributed by atoms with E-state index >= 15 is 0 Å². The molecule has 0 fully saturated rings. The molecule has 0 aromatic heterocycles. The van der Waals surface area contributed by atoms with E-state index in [1.54, 1.807) is 0 Å². The fourth-order valence-electron chi connectivity index (χ4n) is 7.82. The number of carbonyl (C=O) groups is 1. The van der Waals surface area contributed by atoms with Crippen LogP contribution in [0.3, 0.4) is 0 Å². The minimum Gasteiger partial charge on any atom is -0.480 e. The van der Waals surface area contributed by atoms with Crippen molar-refractivity contribution in [2.24, 2.45) is 5.41 Å². The zero-order valence-corrected chi connectivity index (χ0v) is 23.8. The van der Waals surface area contributed by atoms with Gasteiger partial charge in [0.05, 0.1) is 6.07 Å².